The molecular weight excluding hydrogens is 334 g/mol. The first kappa shape index (κ1) is 16.2. The van der Waals surface area contributed by atoms with Crippen LogP contribution in [0.25, 0.3) is 11.2 Å². The van der Waals surface area contributed by atoms with E-state index in [1.54, 1.807) is 0 Å². The molecule has 11 nitrogen and oxygen atoms in total. The lowest BCUT2D eigenvalue weighted by Gasteiger charge is -2.15. The molecule has 13 heteroatoms. The molecule has 1 saturated heterocycles. The molecule has 1 aliphatic heterocycles. The van der Waals surface area contributed by atoms with E-state index in [9.17, 15) is 14.3 Å². The highest BCUT2D eigenvalue weighted by molar-refractivity contribution is 7.43. The van der Waals surface area contributed by atoms with Crippen molar-refractivity contribution in [2.45, 2.75) is 24.6 Å². The van der Waals surface area contributed by atoms with Crippen LogP contribution in [0.15, 0.2) is 11.1 Å². The Morgan fingerprint density at radius 3 is 3.04 bits per heavy atom. The second kappa shape index (κ2) is 6.07. The fraction of sp³-hybridized carbons (Fsp3) is 0.500. The van der Waals surface area contributed by atoms with Crippen molar-refractivity contribution >= 4 is 25.6 Å². The lowest BCUT2D eigenvalue weighted by Crippen LogP contribution is -2.31. The Balaban J connectivity index is 1.91. The number of rotatable bonds is 4. The number of nitrogens with two attached hydrogens (primary N) is 2. The Morgan fingerprint density at radius 1 is 1.61 bits per heavy atom. The van der Waals surface area contributed by atoms with Crippen LogP contribution >= 0.6 is 8.53 Å². The fourth-order valence-electron chi connectivity index (χ4n) is 2.34. The zero-order valence-corrected chi connectivity index (χ0v) is 12.4. The minimum atomic E-state index is -2.15. The number of fused-ring (bicyclic) bond motifs is 1. The van der Waals surface area contributed by atoms with Gasteiger partial charge in [0.05, 0.1) is 12.9 Å². The number of aliphatic hydroxyl groups is 1. The summed E-state index contributed by atoms with van der Waals surface area (Å²) in [6.45, 7) is -0.292. The largest absolute Gasteiger partial charge is 0.387 e. The number of nitrogens with one attached hydrogen (secondary N) is 1. The Bertz CT molecular complexity index is 768. The van der Waals surface area contributed by atoms with Gasteiger partial charge in [0, 0.05) is 0 Å². The average Bonchev–Trinajstić information content (AvgIpc) is 3.00. The molecule has 1 fully saturated rings. The first-order valence-electron chi connectivity index (χ1n) is 6.45. The summed E-state index contributed by atoms with van der Waals surface area (Å²) in [6, 6.07) is 0. The van der Waals surface area contributed by atoms with Crippen LogP contribution in [0.2, 0.25) is 0 Å². The summed E-state index contributed by atoms with van der Waals surface area (Å²) >= 11 is 0. The van der Waals surface area contributed by atoms with Gasteiger partial charge >= 0.3 is 0 Å². The van der Waals surface area contributed by atoms with Gasteiger partial charge in [0.1, 0.15) is 12.2 Å². The number of aromatic nitrogens is 4. The van der Waals surface area contributed by atoms with Crippen LogP contribution in [0.5, 0.6) is 0 Å². The van der Waals surface area contributed by atoms with E-state index < -0.39 is 38.7 Å². The normalized spacial score (nSPS) is 29.2. The molecule has 126 valence electrons. The third-order valence-electron chi connectivity index (χ3n) is 3.39. The van der Waals surface area contributed by atoms with Gasteiger partial charge in [-0.3, -0.25) is 19.8 Å². The summed E-state index contributed by atoms with van der Waals surface area (Å²) in [4.78, 5) is 30.7. The second-order valence-corrected chi connectivity index (χ2v) is 5.74. The number of hydrogen-bond acceptors (Lipinski definition) is 9. The first-order valence-corrected chi connectivity index (χ1v) is 7.73. The van der Waals surface area contributed by atoms with Crippen molar-refractivity contribution in [2.75, 3.05) is 12.3 Å². The summed E-state index contributed by atoms with van der Waals surface area (Å²) in [5.41, 5.74) is 9.96. The molecule has 5 atom stereocenters. The third-order valence-corrected chi connectivity index (χ3v) is 3.80. The maximum atomic E-state index is 14.3. The van der Waals surface area contributed by atoms with Crippen molar-refractivity contribution in [1.82, 2.24) is 19.5 Å². The fourth-order valence-corrected chi connectivity index (χ4v) is 2.64. The highest BCUT2D eigenvalue weighted by Gasteiger charge is 2.46. The number of aliphatic hydroxyl groups excluding tert-OH is 1. The van der Waals surface area contributed by atoms with E-state index in [-0.39, 0.29) is 23.7 Å². The van der Waals surface area contributed by atoms with E-state index in [1.165, 1.54) is 10.9 Å². The van der Waals surface area contributed by atoms with Crippen LogP contribution < -0.4 is 16.8 Å². The van der Waals surface area contributed by atoms with Crippen LogP contribution in [-0.4, -0.2) is 54.5 Å². The van der Waals surface area contributed by atoms with Crippen molar-refractivity contribution in [1.29, 1.82) is 0 Å². The van der Waals surface area contributed by atoms with Crippen molar-refractivity contribution in [3.05, 3.63) is 16.7 Å². The lowest BCUT2D eigenvalue weighted by molar-refractivity contribution is -0.0410. The summed E-state index contributed by atoms with van der Waals surface area (Å²) in [5, 5.41) is 9.88. The summed E-state index contributed by atoms with van der Waals surface area (Å²) in [7, 11) is -2.15. The number of hydrogen-bond donors (Lipinski definition) is 5. The zero-order chi connectivity index (χ0) is 16.7. The van der Waals surface area contributed by atoms with Gasteiger partial charge in [-0.2, -0.15) is 4.98 Å². The number of imidazole rings is 1. The monoisotopic (exact) mass is 348 g/mol. The van der Waals surface area contributed by atoms with Gasteiger partial charge in [-0.05, 0) is 0 Å². The molecule has 23 heavy (non-hydrogen) atoms. The van der Waals surface area contributed by atoms with Crippen LogP contribution in [-0.2, 0) is 9.26 Å². The predicted molar refractivity (Wildman–Crippen MR) is 76.7 cm³/mol. The van der Waals surface area contributed by atoms with Gasteiger partial charge in [-0.25, -0.2) is 9.37 Å². The molecule has 3 heterocycles. The number of ether oxygens (including phenoxy) is 1. The third kappa shape index (κ3) is 2.92. The maximum Gasteiger partial charge on any atom is 0.280 e. The molecule has 0 bridgehead atoms. The van der Waals surface area contributed by atoms with Gasteiger partial charge in [0.25, 0.3) is 5.56 Å². The van der Waals surface area contributed by atoms with E-state index >= 15 is 0 Å². The van der Waals surface area contributed by atoms with E-state index in [4.69, 9.17) is 25.4 Å². The molecule has 7 N–H and O–H groups in total. The minimum Gasteiger partial charge on any atom is -0.387 e. The molecule has 0 saturated carbocycles. The van der Waals surface area contributed by atoms with Crippen LogP contribution in [0, 0.1) is 0 Å². The molecule has 0 aliphatic carbocycles. The number of nitrogens with zero attached hydrogens (tertiary/aromatic N) is 3. The second-order valence-electron chi connectivity index (χ2n) is 4.87. The molecular formula is C10H14FN6O5P. The molecule has 0 amide bonds. The molecule has 2 aromatic heterocycles. The summed E-state index contributed by atoms with van der Waals surface area (Å²) < 4.78 is 25.7. The molecule has 1 aliphatic rings. The minimum absolute atomic E-state index is 0.0240. The van der Waals surface area contributed by atoms with Gasteiger partial charge in [0.2, 0.25) is 14.5 Å². The smallest absolute Gasteiger partial charge is 0.280 e. The van der Waals surface area contributed by atoms with Crippen LogP contribution in [0.1, 0.15) is 6.23 Å². The molecule has 0 spiro atoms. The van der Waals surface area contributed by atoms with Gasteiger partial charge in [-0.15, -0.1) is 0 Å². The van der Waals surface area contributed by atoms with E-state index in [0.29, 0.717) is 0 Å². The number of halogens is 1. The Morgan fingerprint density at radius 2 is 2.35 bits per heavy atom. The van der Waals surface area contributed by atoms with Gasteiger partial charge in [-0.1, -0.05) is 0 Å². The van der Waals surface area contributed by atoms with Crippen LogP contribution in [0.3, 0.4) is 0 Å². The van der Waals surface area contributed by atoms with Crippen molar-refractivity contribution < 1.29 is 23.7 Å². The molecule has 0 radical (unpaired) electrons. The predicted octanol–water partition coefficient (Wildman–Crippen LogP) is -1.51. The Labute approximate surface area is 129 Å². The van der Waals surface area contributed by atoms with Crippen molar-refractivity contribution in [2.24, 2.45) is 5.50 Å². The lowest BCUT2D eigenvalue weighted by atomic mass is 10.1. The molecule has 1 unspecified atom stereocenters. The number of nitrogen functional groups attached to an aromatic ring is 1. The number of aromatic amines is 1. The molecule has 3 rings (SSSR count). The quantitative estimate of drug-likeness (QED) is 0.411. The van der Waals surface area contributed by atoms with Crippen molar-refractivity contribution in [3.8, 4) is 0 Å². The summed E-state index contributed by atoms with van der Waals surface area (Å²) in [6.07, 6.45) is -4.49. The van der Waals surface area contributed by atoms with E-state index in [1.807, 2.05) is 0 Å². The van der Waals surface area contributed by atoms with E-state index in [0.717, 1.165) is 0 Å². The highest BCUT2D eigenvalue weighted by atomic mass is 31.2. The Kier molecular flexibility index (Phi) is 4.27. The number of anilines is 1. The zero-order valence-electron chi connectivity index (χ0n) is 11.5. The van der Waals surface area contributed by atoms with E-state index in [2.05, 4.69) is 15.0 Å². The molecule has 2 aromatic rings. The molecule has 0 aromatic carbocycles. The topological polar surface area (TPSA) is 175 Å². The van der Waals surface area contributed by atoms with Gasteiger partial charge < -0.3 is 25.0 Å². The van der Waals surface area contributed by atoms with Gasteiger partial charge in [0.15, 0.2) is 23.6 Å². The highest BCUT2D eigenvalue weighted by Crippen LogP contribution is 2.34. The first-order chi connectivity index (χ1) is 10.9. The average molecular weight is 348 g/mol. The standard InChI is InChI=1S/C10H14FN6O5P/c11-4-6(18)3(1-21-23(13)20)22-9(4)17-2-14-5-7(17)15-10(12)16-8(5)19/h2-4,6,9,18,20H,1,13H2,(H3,12,15,16,19)/t3-,4-,6-,9-,23?/m1/s1. The van der Waals surface area contributed by atoms with Crippen LogP contribution in [0.4, 0.5) is 10.3 Å². The number of H-pyrrole nitrogens is 1. The Hall–Kier alpha value is -1.69. The maximum absolute atomic E-state index is 14.3. The van der Waals surface area contributed by atoms with Crippen molar-refractivity contribution in [3.63, 3.8) is 0 Å². The summed E-state index contributed by atoms with van der Waals surface area (Å²) in [5.74, 6) is -0.160. The SMILES string of the molecule is Nc1nc2c(ncn2[C@@H]2O[C@H](COP(N)O)[C@@H](O)[C@H]2F)c(=O)[nH]1. The number of alkyl halides is 1.